The summed E-state index contributed by atoms with van der Waals surface area (Å²) in [6.07, 6.45) is 1.57. The average Bonchev–Trinajstić information content (AvgIpc) is 3.36. The third-order valence-corrected chi connectivity index (χ3v) is 8.82. The molecule has 1 aliphatic rings. The first-order valence-electron chi connectivity index (χ1n) is 14.0. The van der Waals surface area contributed by atoms with Gasteiger partial charge in [-0.2, -0.15) is 9.78 Å². The zero-order valence-corrected chi connectivity index (χ0v) is 25.7. The highest BCUT2D eigenvalue weighted by atomic mass is 35.5. The van der Waals surface area contributed by atoms with Crippen molar-refractivity contribution in [2.45, 2.75) is 44.8 Å². The maximum atomic E-state index is 14.2. The van der Waals surface area contributed by atoms with Crippen LogP contribution in [0.1, 0.15) is 60.8 Å². The van der Waals surface area contributed by atoms with Gasteiger partial charge in [-0.3, -0.25) is 4.79 Å². The number of carbonyl (C=O) groups excluding carboxylic acids is 1. The largest absolute Gasteiger partial charge is 0.439 e. The van der Waals surface area contributed by atoms with E-state index in [1.807, 2.05) is 44.2 Å². The summed E-state index contributed by atoms with van der Waals surface area (Å²) in [6.45, 7) is 4.77. The normalized spacial score (nSPS) is 16.2. The molecule has 0 saturated carbocycles. The molecule has 4 aromatic rings. The van der Waals surface area contributed by atoms with Crippen LogP contribution in [0.5, 0.6) is 11.6 Å². The Morgan fingerprint density at radius 3 is 2.29 bits per heavy atom. The molecule has 1 saturated heterocycles. The lowest BCUT2D eigenvalue weighted by Crippen LogP contribution is -2.45. The maximum Gasteiger partial charge on any atom is 0.274 e. The Bertz CT molecular complexity index is 1550. The minimum atomic E-state index is -1.01. The number of amides is 1. The molecular weight excluding hydrogens is 595 g/mol. The molecule has 0 bridgehead atoms. The van der Waals surface area contributed by atoms with Gasteiger partial charge in [0.15, 0.2) is 5.69 Å². The lowest BCUT2D eigenvalue weighted by atomic mass is 9.84. The second-order valence-electron chi connectivity index (χ2n) is 10.7. The number of aliphatic hydroxyl groups is 1. The zero-order valence-electron chi connectivity index (χ0n) is 23.4. The summed E-state index contributed by atoms with van der Waals surface area (Å²) in [5, 5.41) is 17.5. The van der Waals surface area contributed by atoms with Gasteiger partial charge < -0.3 is 20.5 Å². The lowest BCUT2D eigenvalue weighted by molar-refractivity contribution is -0.0213. The van der Waals surface area contributed by atoms with E-state index in [9.17, 15) is 9.90 Å². The highest BCUT2D eigenvalue weighted by molar-refractivity contribution is 6.35. The fourth-order valence-corrected chi connectivity index (χ4v) is 5.82. The van der Waals surface area contributed by atoms with Gasteiger partial charge in [-0.1, -0.05) is 85.4 Å². The van der Waals surface area contributed by atoms with E-state index >= 15 is 0 Å². The molecule has 0 spiro atoms. The van der Waals surface area contributed by atoms with Crippen molar-refractivity contribution in [3.8, 4) is 17.3 Å². The first-order chi connectivity index (χ1) is 20.1. The third-order valence-electron chi connectivity index (χ3n) is 8.03. The molecule has 7 nitrogen and oxygen atoms in total. The molecule has 0 radical (unpaired) electrons. The summed E-state index contributed by atoms with van der Waals surface area (Å²) < 4.78 is 7.94. The van der Waals surface area contributed by atoms with Crippen molar-refractivity contribution in [3.05, 3.63) is 105 Å². The Kier molecular flexibility index (Phi) is 9.16. The molecule has 3 aromatic carbocycles. The van der Waals surface area contributed by atoms with E-state index in [1.54, 1.807) is 47.4 Å². The molecule has 2 unspecified atom stereocenters. The molecule has 220 valence electrons. The minimum Gasteiger partial charge on any atom is -0.439 e. The molecule has 1 aromatic heterocycles. The first kappa shape index (κ1) is 30.4. The topological polar surface area (TPSA) is 93.6 Å². The SMILES string of the molecule is CCC(C)C(N)c1c(C(=O)N2CCC(O)(c3ccccc3)CC2)nn(-c2ccc(Cl)cc2Cl)c1Oc1ccc(Cl)cc1. The molecule has 1 fully saturated rings. The highest BCUT2D eigenvalue weighted by Gasteiger charge is 2.39. The van der Waals surface area contributed by atoms with Crippen LogP contribution in [0.3, 0.4) is 0 Å². The summed E-state index contributed by atoms with van der Waals surface area (Å²) in [6, 6.07) is 20.9. The fourth-order valence-electron chi connectivity index (χ4n) is 5.21. The van der Waals surface area contributed by atoms with Gasteiger partial charge in [0.1, 0.15) is 5.75 Å². The molecule has 10 heteroatoms. The first-order valence-corrected chi connectivity index (χ1v) is 15.1. The van der Waals surface area contributed by atoms with Crippen LogP contribution in [0.15, 0.2) is 72.8 Å². The third kappa shape index (κ3) is 6.17. The van der Waals surface area contributed by atoms with Crippen LogP contribution in [0.2, 0.25) is 15.1 Å². The number of piperidine rings is 1. The van der Waals surface area contributed by atoms with Crippen LogP contribution in [-0.2, 0) is 5.60 Å². The number of hydrogen-bond acceptors (Lipinski definition) is 5. The number of carbonyl (C=O) groups is 1. The van der Waals surface area contributed by atoms with Crippen molar-refractivity contribution in [1.82, 2.24) is 14.7 Å². The molecule has 3 N–H and O–H groups in total. The number of rotatable bonds is 8. The van der Waals surface area contributed by atoms with E-state index in [0.29, 0.717) is 58.0 Å². The predicted octanol–water partition coefficient (Wildman–Crippen LogP) is 7.79. The summed E-state index contributed by atoms with van der Waals surface area (Å²) in [5.74, 6) is 0.499. The molecule has 2 heterocycles. The Morgan fingerprint density at radius 1 is 1.02 bits per heavy atom. The summed E-state index contributed by atoms with van der Waals surface area (Å²) in [5.41, 5.74) is 7.84. The highest BCUT2D eigenvalue weighted by Crippen LogP contribution is 2.40. The van der Waals surface area contributed by atoms with Crippen LogP contribution in [0.25, 0.3) is 5.69 Å². The van der Waals surface area contributed by atoms with E-state index in [1.165, 1.54) is 4.68 Å². The Hall–Kier alpha value is -3.07. The van der Waals surface area contributed by atoms with Crippen molar-refractivity contribution >= 4 is 40.7 Å². The number of hydrogen-bond donors (Lipinski definition) is 2. The number of benzene rings is 3. The number of likely N-dealkylation sites (tertiary alicyclic amines) is 1. The van der Waals surface area contributed by atoms with Gasteiger partial charge in [0.05, 0.1) is 21.9 Å². The lowest BCUT2D eigenvalue weighted by Gasteiger charge is -2.38. The van der Waals surface area contributed by atoms with Crippen molar-refractivity contribution in [3.63, 3.8) is 0 Å². The summed E-state index contributed by atoms with van der Waals surface area (Å²) in [7, 11) is 0. The number of ether oxygens (including phenoxy) is 1. The number of halogens is 3. The molecule has 1 amide bonds. The Morgan fingerprint density at radius 2 is 1.67 bits per heavy atom. The second-order valence-corrected chi connectivity index (χ2v) is 12.0. The van der Waals surface area contributed by atoms with Crippen molar-refractivity contribution < 1.29 is 14.6 Å². The van der Waals surface area contributed by atoms with Crippen LogP contribution in [0, 0.1) is 5.92 Å². The average molecular weight is 628 g/mol. The minimum absolute atomic E-state index is 0.00647. The predicted molar refractivity (Wildman–Crippen MR) is 167 cm³/mol. The van der Waals surface area contributed by atoms with Crippen molar-refractivity contribution in [1.29, 1.82) is 0 Å². The van der Waals surface area contributed by atoms with E-state index in [0.717, 1.165) is 12.0 Å². The van der Waals surface area contributed by atoms with Gasteiger partial charge in [0, 0.05) is 29.2 Å². The second kappa shape index (κ2) is 12.7. The van der Waals surface area contributed by atoms with Crippen molar-refractivity contribution in [2.24, 2.45) is 11.7 Å². The Labute approximate surface area is 260 Å². The van der Waals surface area contributed by atoms with Crippen LogP contribution in [-0.4, -0.2) is 38.8 Å². The zero-order chi connectivity index (χ0) is 30.0. The van der Waals surface area contributed by atoms with Gasteiger partial charge in [0.2, 0.25) is 5.88 Å². The number of aromatic nitrogens is 2. The van der Waals surface area contributed by atoms with Gasteiger partial charge in [-0.05, 0) is 66.8 Å². The van der Waals surface area contributed by atoms with Gasteiger partial charge in [0.25, 0.3) is 5.91 Å². The van der Waals surface area contributed by atoms with Crippen LogP contribution >= 0.6 is 34.8 Å². The van der Waals surface area contributed by atoms with Gasteiger partial charge in [-0.15, -0.1) is 0 Å². The van der Waals surface area contributed by atoms with Crippen molar-refractivity contribution in [2.75, 3.05) is 13.1 Å². The van der Waals surface area contributed by atoms with E-state index in [-0.39, 0.29) is 23.4 Å². The smallest absolute Gasteiger partial charge is 0.274 e. The number of nitrogens with zero attached hydrogens (tertiary/aromatic N) is 3. The molecule has 42 heavy (non-hydrogen) atoms. The van der Waals surface area contributed by atoms with Gasteiger partial charge >= 0.3 is 0 Å². The van der Waals surface area contributed by atoms with E-state index in [2.05, 4.69) is 0 Å². The van der Waals surface area contributed by atoms with Crippen LogP contribution in [0.4, 0.5) is 0 Å². The molecule has 2 atom stereocenters. The van der Waals surface area contributed by atoms with Crippen LogP contribution < -0.4 is 10.5 Å². The molecular formula is C32H33Cl3N4O3. The van der Waals surface area contributed by atoms with Gasteiger partial charge in [-0.25, -0.2) is 0 Å². The molecule has 5 rings (SSSR count). The number of nitrogens with two attached hydrogens (primary N) is 1. The summed E-state index contributed by atoms with van der Waals surface area (Å²) in [4.78, 5) is 15.9. The quantitative estimate of drug-likeness (QED) is 0.208. The van der Waals surface area contributed by atoms with E-state index < -0.39 is 11.6 Å². The molecule has 1 aliphatic heterocycles. The van der Waals surface area contributed by atoms with E-state index in [4.69, 9.17) is 50.4 Å². The Balaban J connectivity index is 1.59. The maximum absolute atomic E-state index is 14.2. The molecule has 0 aliphatic carbocycles. The monoisotopic (exact) mass is 626 g/mol. The standard InChI is InChI=1S/C32H33Cl3N4O3/c1-3-20(2)28(36)27-29(30(40)38-17-15-32(41,16-18-38)21-7-5-4-6-8-21)37-39(26-14-11-23(34)19-25(26)35)31(27)42-24-12-9-22(33)10-13-24/h4-14,19-20,28,41H,3,15-18,36H2,1-2H3. The summed E-state index contributed by atoms with van der Waals surface area (Å²) >= 11 is 19.0. The fraction of sp³-hybridized carbons (Fsp3) is 0.312.